The second-order valence-electron chi connectivity index (χ2n) is 9.06. The number of imidazole rings is 1. The lowest BCUT2D eigenvalue weighted by Gasteiger charge is -2.34. The largest absolute Gasteiger partial charge is 0.324 e. The Morgan fingerprint density at radius 3 is 2.58 bits per heavy atom. The van der Waals surface area contributed by atoms with E-state index in [-0.39, 0.29) is 0 Å². The van der Waals surface area contributed by atoms with Crippen LogP contribution >= 0.6 is 0 Å². The molecule has 0 unspecified atom stereocenters. The summed E-state index contributed by atoms with van der Waals surface area (Å²) in [4.78, 5) is 12.3. The zero-order valence-corrected chi connectivity index (χ0v) is 17.9. The molecular weight excluding hydrogens is 382 g/mol. The third-order valence-electron chi connectivity index (χ3n) is 7.02. The van der Waals surface area contributed by atoms with Crippen LogP contribution in [0.15, 0.2) is 60.8 Å². The summed E-state index contributed by atoms with van der Waals surface area (Å²) in [6.45, 7) is 5.37. The van der Waals surface area contributed by atoms with Crippen LogP contribution in [0.4, 0.5) is 0 Å². The number of hydrogen-bond acceptors (Lipinski definition) is 4. The number of nitrogens with zero attached hydrogens (tertiary/aromatic N) is 4. The molecule has 4 heterocycles. The van der Waals surface area contributed by atoms with Crippen LogP contribution < -0.4 is 5.32 Å². The molecule has 2 fully saturated rings. The topological polar surface area (TPSA) is 46.0 Å². The average molecular weight is 412 g/mol. The molecule has 1 atom stereocenters. The maximum atomic E-state index is 5.09. The van der Waals surface area contributed by atoms with Gasteiger partial charge >= 0.3 is 0 Å². The van der Waals surface area contributed by atoms with Crippen LogP contribution in [-0.2, 0) is 6.54 Å². The minimum atomic E-state index is 0.536. The fourth-order valence-electron chi connectivity index (χ4n) is 5.41. The van der Waals surface area contributed by atoms with Gasteiger partial charge < -0.3 is 9.88 Å². The Kier molecular flexibility index (Phi) is 4.93. The van der Waals surface area contributed by atoms with E-state index >= 15 is 0 Å². The number of rotatable bonds is 4. The van der Waals surface area contributed by atoms with Gasteiger partial charge in [-0.05, 0) is 55.6 Å². The van der Waals surface area contributed by atoms with Gasteiger partial charge in [0, 0.05) is 49.7 Å². The molecule has 2 aromatic carbocycles. The predicted molar refractivity (Wildman–Crippen MR) is 125 cm³/mol. The number of hydrogen-bond donors (Lipinski definition) is 1. The molecule has 2 aromatic heterocycles. The molecule has 5 nitrogen and oxygen atoms in total. The van der Waals surface area contributed by atoms with Gasteiger partial charge in [0.2, 0.25) is 0 Å². The monoisotopic (exact) mass is 411 g/mol. The Morgan fingerprint density at radius 2 is 1.74 bits per heavy atom. The minimum Gasteiger partial charge on any atom is -0.324 e. The maximum Gasteiger partial charge on any atom is 0.114 e. The number of nitrogens with one attached hydrogen (secondary N) is 1. The van der Waals surface area contributed by atoms with Crippen molar-refractivity contribution in [2.75, 3.05) is 26.2 Å². The molecule has 6 rings (SSSR count). The number of piperidine rings is 1. The third-order valence-corrected chi connectivity index (χ3v) is 7.02. The summed E-state index contributed by atoms with van der Waals surface area (Å²) in [5.74, 6) is 1.83. The van der Waals surface area contributed by atoms with E-state index < -0.39 is 0 Å². The summed E-state index contributed by atoms with van der Waals surface area (Å²) in [7, 11) is 0. The molecule has 31 heavy (non-hydrogen) atoms. The maximum absolute atomic E-state index is 5.09. The van der Waals surface area contributed by atoms with E-state index in [0.29, 0.717) is 12.0 Å². The molecule has 0 saturated carbocycles. The fourth-order valence-corrected chi connectivity index (χ4v) is 5.41. The van der Waals surface area contributed by atoms with Crippen molar-refractivity contribution < 1.29 is 0 Å². The lowest BCUT2D eigenvalue weighted by atomic mass is 10.0. The van der Waals surface area contributed by atoms with Crippen LogP contribution in [-0.4, -0.2) is 45.6 Å². The van der Waals surface area contributed by atoms with E-state index in [1.165, 1.54) is 41.6 Å². The van der Waals surface area contributed by atoms with Crippen LogP contribution in [0.1, 0.15) is 42.6 Å². The van der Waals surface area contributed by atoms with Gasteiger partial charge in [0.05, 0.1) is 16.6 Å². The molecule has 5 heteroatoms. The number of pyridine rings is 1. The molecule has 0 radical (unpaired) electrons. The molecule has 2 saturated heterocycles. The Hall–Kier alpha value is -2.76. The first-order valence-corrected chi connectivity index (χ1v) is 11.6. The molecule has 2 aliphatic rings. The molecule has 0 spiro atoms. The Bertz CT molecular complexity index is 1200. The zero-order valence-electron chi connectivity index (χ0n) is 17.9. The highest BCUT2D eigenvalue weighted by atomic mass is 15.2. The van der Waals surface area contributed by atoms with Crippen molar-refractivity contribution in [1.29, 1.82) is 0 Å². The number of aromatic nitrogens is 3. The van der Waals surface area contributed by atoms with Crippen molar-refractivity contribution in [3.8, 4) is 0 Å². The number of fused-ring (bicyclic) bond motifs is 2. The van der Waals surface area contributed by atoms with E-state index in [2.05, 4.69) is 74.4 Å². The highest BCUT2D eigenvalue weighted by Crippen LogP contribution is 2.34. The summed E-state index contributed by atoms with van der Waals surface area (Å²) < 4.78 is 2.59. The molecule has 1 N–H and O–H groups in total. The van der Waals surface area contributed by atoms with Gasteiger partial charge in [-0.15, -0.1) is 0 Å². The highest BCUT2D eigenvalue weighted by Gasteiger charge is 2.29. The number of para-hydroxylation sites is 3. The molecule has 0 bridgehead atoms. The van der Waals surface area contributed by atoms with Crippen LogP contribution in [0.2, 0.25) is 0 Å². The van der Waals surface area contributed by atoms with Crippen molar-refractivity contribution in [1.82, 2.24) is 24.8 Å². The van der Waals surface area contributed by atoms with Crippen LogP contribution in [0.3, 0.4) is 0 Å². The second kappa shape index (κ2) is 8.06. The van der Waals surface area contributed by atoms with Crippen LogP contribution in [0, 0.1) is 0 Å². The summed E-state index contributed by atoms with van der Waals surface area (Å²) in [5, 5.41) is 4.76. The lowest BCUT2D eigenvalue weighted by Crippen LogP contribution is -2.35. The van der Waals surface area contributed by atoms with E-state index in [4.69, 9.17) is 4.98 Å². The van der Waals surface area contributed by atoms with Gasteiger partial charge in [-0.1, -0.05) is 30.3 Å². The Labute approximate surface area is 183 Å². The first kappa shape index (κ1) is 19.0. The van der Waals surface area contributed by atoms with Gasteiger partial charge in [-0.2, -0.15) is 0 Å². The molecule has 158 valence electrons. The van der Waals surface area contributed by atoms with E-state index in [1.54, 1.807) is 0 Å². The van der Waals surface area contributed by atoms with Gasteiger partial charge in [0.1, 0.15) is 5.82 Å². The number of benzene rings is 2. The summed E-state index contributed by atoms with van der Waals surface area (Å²) in [6, 6.07) is 19.9. The van der Waals surface area contributed by atoms with Crippen molar-refractivity contribution in [2.45, 2.75) is 37.8 Å². The average Bonchev–Trinajstić information content (AvgIpc) is 3.48. The molecular formula is C26H29N5. The number of likely N-dealkylation sites (tertiary alicyclic amines) is 1. The van der Waals surface area contributed by atoms with E-state index in [1.807, 2.05) is 6.20 Å². The fraction of sp³-hybridized carbons (Fsp3) is 0.385. The third kappa shape index (κ3) is 3.62. The normalized spacial score (nSPS) is 20.7. The van der Waals surface area contributed by atoms with Crippen molar-refractivity contribution in [3.63, 3.8) is 0 Å². The van der Waals surface area contributed by atoms with Crippen molar-refractivity contribution in [2.24, 2.45) is 0 Å². The summed E-state index contributed by atoms with van der Waals surface area (Å²) in [5.41, 5.74) is 4.84. The van der Waals surface area contributed by atoms with Gasteiger partial charge in [-0.3, -0.25) is 9.88 Å². The minimum absolute atomic E-state index is 0.536. The first-order valence-electron chi connectivity index (χ1n) is 11.6. The molecule has 2 aliphatic heterocycles. The van der Waals surface area contributed by atoms with Gasteiger partial charge in [0.25, 0.3) is 0 Å². The summed E-state index contributed by atoms with van der Waals surface area (Å²) in [6.07, 6.45) is 5.59. The van der Waals surface area contributed by atoms with E-state index in [9.17, 15) is 0 Å². The Morgan fingerprint density at radius 1 is 0.935 bits per heavy atom. The van der Waals surface area contributed by atoms with E-state index in [0.717, 1.165) is 43.8 Å². The van der Waals surface area contributed by atoms with Crippen molar-refractivity contribution in [3.05, 3.63) is 72.2 Å². The predicted octanol–water partition coefficient (Wildman–Crippen LogP) is 4.50. The van der Waals surface area contributed by atoms with Crippen LogP contribution in [0.5, 0.6) is 0 Å². The highest BCUT2D eigenvalue weighted by molar-refractivity contribution is 5.78. The molecule has 0 aliphatic carbocycles. The Balaban J connectivity index is 1.21. The van der Waals surface area contributed by atoms with Gasteiger partial charge in [-0.25, -0.2) is 4.98 Å². The smallest absolute Gasteiger partial charge is 0.114 e. The first-order chi connectivity index (χ1) is 15.3. The molecule has 4 aromatic rings. The van der Waals surface area contributed by atoms with Crippen LogP contribution in [0.25, 0.3) is 21.9 Å². The molecule has 0 amide bonds. The SMILES string of the molecule is c1ccc2ncc(CN3CCC(n4c([C@@H]5CCNC5)nc5ccccc54)CC3)cc2c1. The second-order valence-corrected chi connectivity index (χ2v) is 9.06. The summed E-state index contributed by atoms with van der Waals surface area (Å²) >= 11 is 0. The lowest BCUT2D eigenvalue weighted by molar-refractivity contribution is 0.179. The zero-order chi connectivity index (χ0) is 20.6. The standard InChI is InChI=1S/C26H29N5/c1-2-6-23-20(5-1)15-19(16-28-23)18-30-13-10-22(11-14-30)31-25-8-4-3-7-24(25)29-26(31)21-9-12-27-17-21/h1-8,15-16,21-22,27H,9-14,17-18H2/t21-/m1/s1. The van der Waals surface area contributed by atoms with Crippen molar-refractivity contribution >= 4 is 21.9 Å². The van der Waals surface area contributed by atoms with Gasteiger partial charge in [0.15, 0.2) is 0 Å². The quantitative estimate of drug-likeness (QED) is 0.537.